The van der Waals surface area contributed by atoms with Gasteiger partial charge in [0, 0.05) is 22.6 Å². The van der Waals surface area contributed by atoms with Crippen molar-refractivity contribution in [2.45, 2.75) is 39.0 Å². The predicted octanol–water partition coefficient (Wildman–Crippen LogP) is 7.63. The van der Waals surface area contributed by atoms with Gasteiger partial charge in [-0.15, -0.1) is 0 Å². The molecule has 10 heteroatoms. The van der Waals surface area contributed by atoms with Crippen molar-refractivity contribution in [2.24, 2.45) is 0 Å². The molecule has 5 aromatic rings. The fourth-order valence-electron chi connectivity index (χ4n) is 5.45. The average molecular weight is 526 g/mol. The van der Waals surface area contributed by atoms with Crippen molar-refractivity contribution in [1.82, 2.24) is 19.3 Å². The van der Waals surface area contributed by atoms with Crippen molar-refractivity contribution in [1.29, 1.82) is 0 Å². The van der Waals surface area contributed by atoms with Gasteiger partial charge in [0.2, 0.25) is 0 Å². The number of hydrogen-bond acceptors (Lipinski definition) is 2. The maximum absolute atomic E-state index is 14.6. The van der Waals surface area contributed by atoms with E-state index in [9.17, 15) is 26.3 Å². The highest BCUT2D eigenvalue weighted by Gasteiger charge is 2.41. The van der Waals surface area contributed by atoms with Gasteiger partial charge in [-0.1, -0.05) is 24.3 Å². The first kappa shape index (κ1) is 24.3. The first-order chi connectivity index (χ1) is 17.9. The summed E-state index contributed by atoms with van der Waals surface area (Å²) in [4.78, 5) is 4.74. The summed E-state index contributed by atoms with van der Waals surface area (Å²) in [6.45, 7) is 3.26. The van der Waals surface area contributed by atoms with Crippen LogP contribution in [-0.2, 0) is 25.2 Å². The highest BCUT2D eigenvalue weighted by molar-refractivity contribution is 5.90. The monoisotopic (exact) mass is 526 g/mol. The highest BCUT2D eigenvalue weighted by atomic mass is 19.4. The van der Waals surface area contributed by atoms with E-state index in [1.165, 1.54) is 17.7 Å². The zero-order chi connectivity index (χ0) is 27.0. The lowest BCUT2D eigenvalue weighted by molar-refractivity contribution is -0.138. The number of nitrogens with zero attached hydrogens (tertiary/aromatic N) is 4. The normalized spacial score (nSPS) is 13.6. The summed E-state index contributed by atoms with van der Waals surface area (Å²) in [6, 6.07) is 15.4. The minimum atomic E-state index is -4.66. The van der Waals surface area contributed by atoms with E-state index in [0.29, 0.717) is 28.3 Å². The molecule has 0 fully saturated rings. The smallest absolute Gasteiger partial charge is 0.318 e. The van der Waals surface area contributed by atoms with E-state index >= 15 is 0 Å². The van der Waals surface area contributed by atoms with E-state index in [4.69, 9.17) is 4.98 Å². The average Bonchev–Trinajstić information content (AvgIpc) is 3.38. The maximum Gasteiger partial charge on any atom is 0.417 e. The molecule has 0 amide bonds. The molecule has 38 heavy (non-hydrogen) atoms. The number of aromatic nitrogens is 4. The molecule has 0 aliphatic heterocycles. The molecule has 0 N–H and O–H groups in total. The summed E-state index contributed by atoms with van der Waals surface area (Å²) >= 11 is 0. The topological polar surface area (TPSA) is 35.6 Å². The Morgan fingerprint density at radius 3 is 2.18 bits per heavy atom. The van der Waals surface area contributed by atoms with Crippen molar-refractivity contribution < 1.29 is 26.3 Å². The van der Waals surface area contributed by atoms with Crippen LogP contribution in [0.15, 0.2) is 60.7 Å². The number of fused-ring (bicyclic) bond motifs is 4. The van der Waals surface area contributed by atoms with Gasteiger partial charge in [-0.25, -0.2) is 9.67 Å². The van der Waals surface area contributed by atoms with Crippen LogP contribution in [0.25, 0.3) is 33.7 Å². The first-order valence-electron chi connectivity index (χ1n) is 11.9. The van der Waals surface area contributed by atoms with Gasteiger partial charge in [-0.3, -0.25) is 0 Å². The second kappa shape index (κ2) is 8.21. The molecule has 1 aliphatic rings. The van der Waals surface area contributed by atoms with Crippen LogP contribution in [0, 0.1) is 13.8 Å². The molecule has 6 rings (SSSR count). The van der Waals surface area contributed by atoms with Crippen LogP contribution in [0.3, 0.4) is 0 Å². The zero-order valence-electron chi connectivity index (χ0n) is 20.2. The Balaban J connectivity index is 1.64. The quantitative estimate of drug-likeness (QED) is 0.222. The molecule has 2 aromatic carbocycles. The third-order valence-corrected chi connectivity index (χ3v) is 6.96. The number of aryl methyl sites for hydroxylation is 2. The van der Waals surface area contributed by atoms with Crippen molar-refractivity contribution in [3.63, 3.8) is 0 Å². The molecule has 1 aliphatic carbocycles. The number of rotatable bonds is 2. The Morgan fingerprint density at radius 1 is 0.789 bits per heavy atom. The maximum atomic E-state index is 14.6. The van der Waals surface area contributed by atoms with E-state index in [1.807, 2.05) is 0 Å². The van der Waals surface area contributed by atoms with Gasteiger partial charge >= 0.3 is 12.4 Å². The summed E-state index contributed by atoms with van der Waals surface area (Å²) in [5.74, 6) is 0. The van der Waals surface area contributed by atoms with Crippen molar-refractivity contribution >= 4 is 11.0 Å². The molecule has 0 radical (unpaired) electrons. The molecule has 0 saturated carbocycles. The van der Waals surface area contributed by atoms with E-state index in [2.05, 4.69) is 5.10 Å². The molecular formula is C28H20F6N4. The Hall–Kier alpha value is -4.08. The van der Waals surface area contributed by atoms with Crippen LogP contribution in [-0.4, -0.2) is 19.3 Å². The Morgan fingerprint density at radius 2 is 1.50 bits per heavy atom. The number of alkyl halides is 6. The molecule has 194 valence electrons. The van der Waals surface area contributed by atoms with E-state index in [1.54, 1.807) is 54.0 Å². The molecule has 3 aromatic heterocycles. The van der Waals surface area contributed by atoms with Gasteiger partial charge in [0.1, 0.15) is 0 Å². The second-order valence-corrected chi connectivity index (χ2v) is 9.37. The van der Waals surface area contributed by atoms with Gasteiger partial charge < -0.3 is 4.57 Å². The fourth-order valence-corrected chi connectivity index (χ4v) is 5.45. The third kappa shape index (κ3) is 3.69. The van der Waals surface area contributed by atoms with Crippen LogP contribution in [0.1, 0.15) is 33.8 Å². The highest BCUT2D eigenvalue weighted by Crippen LogP contribution is 2.46. The molecule has 0 saturated heterocycles. The molecule has 0 spiro atoms. The van der Waals surface area contributed by atoms with Crippen molar-refractivity contribution in [3.8, 4) is 22.6 Å². The Kier molecular flexibility index (Phi) is 5.24. The summed E-state index contributed by atoms with van der Waals surface area (Å²) in [7, 11) is 0. The van der Waals surface area contributed by atoms with Crippen LogP contribution in [0.2, 0.25) is 0 Å². The minimum Gasteiger partial charge on any atom is -0.318 e. The van der Waals surface area contributed by atoms with Gasteiger partial charge in [-0.05, 0) is 68.7 Å². The second-order valence-electron chi connectivity index (χ2n) is 9.37. The van der Waals surface area contributed by atoms with Crippen LogP contribution in [0.5, 0.6) is 0 Å². The molecule has 0 atom stereocenters. The number of hydrogen-bond donors (Lipinski definition) is 0. The lowest BCUT2D eigenvalue weighted by Crippen LogP contribution is -2.18. The van der Waals surface area contributed by atoms with E-state index < -0.39 is 23.5 Å². The number of benzene rings is 2. The summed E-state index contributed by atoms with van der Waals surface area (Å²) in [5, 5.41) is 4.36. The largest absolute Gasteiger partial charge is 0.417 e. The number of halogens is 6. The summed E-state index contributed by atoms with van der Waals surface area (Å²) in [6.07, 6.45) is -8.92. The van der Waals surface area contributed by atoms with Crippen molar-refractivity contribution in [2.75, 3.05) is 0 Å². The Bertz CT molecular complexity index is 1710. The van der Waals surface area contributed by atoms with E-state index in [0.717, 1.165) is 12.1 Å². The van der Waals surface area contributed by atoms with Crippen LogP contribution < -0.4 is 0 Å². The standard InChI is InChI=1S/C28H20F6N4/c1-15-13-21-22(37(15)19-10-6-7-17(14-19)27(29,30)31)12-11-20-24(28(32,33)34)23-16(2)36-38(26(23)35-25(20)21)18-8-4-3-5-9-18/h3-10,13-14H,11-12H2,1-2H3. The zero-order valence-corrected chi connectivity index (χ0v) is 20.2. The SMILES string of the molecule is Cc1nn(-c2ccccc2)c2nc3c(c(C(F)(F)F)c12)CCc1c-3cc(C)n1-c1cccc(C(F)(F)F)c1. The minimum absolute atomic E-state index is 0.0402. The molecular weight excluding hydrogens is 506 g/mol. The number of pyridine rings is 1. The Labute approximate surface area is 213 Å². The lowest BCUT2D eigenvalue weighted by atomic mass is 9.88. The lowest BCUT2D eigenvalue weighted by Gasteiger charge is -2.23. The van der Waals surface area contributed by atoms with Gasteiger partial charge in [0.05, 0.1) is 33.6 Å². The third-order valence-electron chi connectivity index (χ3n) is 6.96. The van der Waals surface area contributed by atoms with Gasteiger partial charge in [0.15, 0.2) is 5.65 Å². The molecule has 3 heterocycles. The van der Waals surface area contributed by atoms with Gasteiger partial charge in [0.25, 0.3) is 0 Å². The van der Waals surface area contributed by atoms with Crippen LogP contribution in [0.4, 0.5) is 26.3 Å². The predicted molar refractivity (Wildman–Crippen MR) is 131 cm³/mol. The molecule has 0 bridgehead atoms. The van der Waals surface area contributed by atoms with E-state index in [-0.39, 0.29) is 40.8 Å². The summed E-state index contributed by atoms with van der Waals surface area (Å²) < 4.78 is 87.1. The molecule has 0 unspecified atom stereocenters. The summed E-state index contributed by atoms with van der Waals surface area (Å²) in [5.41, 5.74) is 1.57. The fraction of sp³-hybridized carbons (Fsp3) is 0.214. The van der Waals surface area contributed by atoms with Crippen molar-refractivity contribution in [3.05, 3.63) is 94.4 Å². The van der Waals surface area contributed by atoms with Gasteiger partial charge in [-0.2, -0.15) is 31.4 Å². The molecule has 4 nitrogen and oxygen atoms in total. The van der Waals surface area contributed by atoms with Crippen LogP contribution >= 0.6 is 0 Å². The number of para-hydroxylation sites is 1. The first-order valence-corrected chi connectivity index (χ1v) is 11.9.